The molecule has 0 saturated heterocycles. The van der Waals surface area contributed by atoms with Crippen LogP contribution in [-0.4, -0.2) is 41.7 Å². The summed E-state index contributed by atoms with van der Waals surface area (Å²) >= 11 is 1.34. The Kier molecular flexibility index (Phi) is 4.66. The number of nitrogens with two attached hydrogens (primary N) is 2. The molecule has 4 heterocycles. The lowest BCUT2D eigenvalue weighted by molar-refractivity contribution is -0.114. The van der Waals surface area contributed by atoms with Crippen LogP contribution in [0.3, 0.4) is 0 Å². The second kappa shape index (κ2) is 7.18. The van der Waals surface area contributed by atoms with Gasteiger partial charge in [0.2, 0.25) is 0 Å². The van der Waals surface area contributed by atoms with Gasteiger partial charge in [-0.2, -0.15) is 10.2 Å². The molecular formula is C17H16FN9O2S. The van der Waals surface area contributed by atoms with Crippen LogP contribution in [0.5, 0.6) is 0 Å². The largest absolute Gasteiger partial charge is 0.400 e. The van der Waals surface area contributed by atoms with Crippen molar-refractivity contribution >= 4 is 44.7 Å². The van der Waals surface area contributed by atoms with E-state index in [0.29, 0.717) is 27.3 Å². The number of carbonyl (C=O) groups is 1. The Hall–Kier alpha value is -3.87. The van der Waals surface area contributed by atoms with E-state index in [9.17, 15) is 14.0 Å². The Bertz CT molecular complexity index is 1410. The minimum absolute atomic E-state index is 0.0375. The van der Waals surface area contributed by atoms with E-state index in [1.54, 1.807) is 11.6 Å². The lowest BCUT2D eigenvalue weighted by Gasteiger charge is -2.07. The fraction of sp³-hybridized carbons (Fsp3) is 0.176. The SMILES string of the molecule is Cn1c2nc(Cc3[nH]ncc3F)sc2c2cnn(CC(N)=C(C=N)C(N)=O)c(=O)c21. The molecule has 0 aliphatic rings. The highest BCUT2D eigenvalue weighted by Gasteiger charge is 2.20. The summed E-state index contributed by atoms with van der Waals surface area (Å²) in [7, 11) is 1.70. The molecule has 4 aromatic rings. The van der Waals surface area contributed by atoms with Crippen molar-refractivity contribution in [3.05, 3.63) is 50.5 Å². The van der Waals surface area contributed by atoms with Gasteiger partial charge in [-0.1, -0.05) is 0 Å². The molecule has 1 amide bonds. The quantitative estimate of drug-likeness (QED) is 0.250. The summed E-state index contributed by atoms with van der Waals surface area (Å²) in [5, 5.41) is 18.9. The molecule has 13 heteroatoms. The standard InChI is InChI=1S/C17H16FN9O2S/c1-26-13-8(4-23-27(17(13)29)6-10(20)7(3-19)15(21)28)14-16(26)24-12(30-14)2-11-9(18)5-22-25-11/h3-5,19H,2,6,20H2,1H3,(H2,21,28)(H,22,25). The number of fused-ring (bicyclic) bond motifs is 3. The van der Waals surface area contributed by atoms with Crippen molar-refractivity contribution in [3.8, 4) is 0 Å². The number of hydrogen-bond acceptors (Lipinski definition) is 8. The predicted octanol–water partition coefficient (Wildman–Crippen LogP) is 0.145. The first kappa shape index (κ1) is 19.4. The molecule has 0 fully saturated rings. The molecule has 0 bridgehead atoms. The van der Waals surface area contributed by atoms with Gasteiger partial charge in [0.15, 0.2) is 11.5 Å². The van der Waals surface area contributed by atoms with E-state index < -0.39 is 17.3 Å². The van der Waals surface area contributed by atoms with E-state index in [1.807, 2.05) is 0 Å². The number of hydrogen-bond donors (Lipinski definition) is 4. The molecule has 0 unspecified atom stereocenters. The first-order valence-corrected chi connectivity index (χ1v) is 9.44. The third kappa shape index (κ3) is 3.04. The zero-order valence-corrected chi connectivity index (χ0v) is 16.5. The number of thiazole rings is 1. The summed E-state index contributed by atoms with van der Waals surface area (Å²) in [4.78, 5) is 28.8. The van der Waals surface area contributed by atoms with E-state index in [1.165, 1.54) is 17.5 Å². The van der Waals surface area contributed by atoms with E-state index in [0.717, 1.165) is 21.8 Å². The third-order valence-corrected chi connectivity index (χ3v) is 5.72. The first-order chi connectivity index (χ1) is 14.3. The number of nitrogens with one attached hydrogen (secondary N) is 2. The number of aryl methyl sites for hydroxylation is 1. The summed E-state index contributed by atoms with van der Waals surface area (Å²) in [5.41, 5.74) is 11.6. The van der Waals surface area contributed by atoms with Crippen molar-refractivity contribution in [3.63, 3.8) is 0 Å². The summed E-state index contributed by atoms with van der Waals surface area (Å²) in [6.07, 6.45) is 3.61. The van der Waals surface area contributed by atoms with Gasteiger partial charge in [0, 0.05) is 30.8 Å². The summed E-state index contributed by atoms with van der Waals surface area (Å²) in [6.45, 7) is -0.195. The molecule has 4 aromatic heterocycles. The Morgan fingerprint density at radius 3 is 2.80 bits per heavy atom. The van der Waals surface area contributed by atoms with Crippen LogP contribution in [0, 0.1) is 11.2 Å². The van der Waals surface area contributed by atoms with Crippen molar-refractivity contribution in [2.24, 2.45) is 18.5 Å². The average Bonchev–Trinajstić information content (AvgIpc) is 3.35. The number of allylic oxidation sites excluding steroid dienone is 1. The van der Waals surface area contributed by atoms with Gasteiger partial charge in [0.05, 0.1) is 34.9 Å². The Morgan fingerprint density at radius 1 is 1.40 bits per heavy atom. The lowest BCUT2D eigenvalue weighted by atomic mass is 10.2. The van der Waals surface area contributed by atoms with Crippen LogP contribution < -0.4 is 17.0 Å². The number of primary amides is 1. The van der Waals surface area contributed by atoms with E-state index >= 15 is 0 Å². The fourth-order valence-corrected chi connectivity index (χ4v) is 4.28. The molecule has 154 valence electrons. The molecule has 0 aliphatic heterocycles. The van der Waals surface area contributed by atoms with Gasteiger partial charge in [0.25, 0.3) is 11.5 Å². The molecule has 0 atom stereocenters. The number of aromatic amines is 1. The Morgan fingerprint density at radius 2 is 2.17 bits per heavy atom. The third-order valence-electron chi connectivity index (χ3n) is 4.64. The smallest absolute Gasteiger partial charge is 0.291 e. The average molecular weight is 429 g/mol. The van der Waals surface area contributed by atoms with Crippen molar-refractivity contribution in [1.29, 1.82) is 5.41 Å². The summed E-state index contributed by atoms with van der Waals surface area (Å²) in [5.74, 6) is -1.30. The molecule has 0 aromatic carbocycles. The molecular weight excluding hydrogens is 413 g/mol. The van der Waals surface area contributed by atoms with Crippen LogP contribution in [0.15, 0.2) is 28.5 Å². The van der Waals surface area contributed by atoms with Crippen LogP contribution in [-0.2, 0) is 24.8 Å². The van der Waals surface area contributed by atoms with Gasteiger partial charge < -0.3 is 21.4 Å². The molecule has 11 nitrogen and oxygen atoms in total. The van der Waals surface area contributed by atoms with Crippen molar-refractivity contribution < 1.29 is 9.18 Å². The molecule has 30 heavy (non-hydrogen) atoms. The Labute approximate surface area is 171 Å². The number of H-pyrrole nitrogens is 1. The van der Waals surface area contributed by atoms with E-state index in [2.05, 4.69) is 20.3 Å². The van der Waals surface area contributed by atoms with Crippen LogP contribution >= 0.6 is 11.3 Å². The van der Waals surface area contributed by atoms with Gasteiger partial charge in [0.1, 0.15) is 10.5 Å². The maximum atomic E-state index is 13.6. The van der Waals surface area contributed by atoms with E-state index in [-0.39, 0.29) is 24.2 Å². The lowest BCUT2D eigenvalue weighted by Crippen LogP contribution is -2.29. The van der Waals surface area contributed by atoms with Crippen molar-refractivity contribution in [2.45, 2.75) is 13.0 Å². The number of amides is 1. The summed E-state index contributed by atoms with van der Waals surface area (Å²) in [6, 6.07) is 0. The van der Waals surface area contributed by atoms with Gasteiger partial charge in [-0.3, -0.25) is 14.7 Å². The second-order valence-corrected chi connectivity index (χ2v) is 7.59. The van der Waals surface area contributed by atoms with Crippen LogP contribution in [0.1, 0.15) is 10.7 Å². The normalized spacial score (nSPS) is 12.5. The topological polar surface area (TPSA) is 174 Å². The minimum Gasteiger partial charge on any atom is -0.400 e. The summed E-state index contributed by atoms with van der Waals surface area (Å²) < 4.78 is 17.1. The molecule has 0 radical (unpaired) electrons. The van der Waals surface area contributed by atoms with Gasteiger partial charge in [-0.25, -0.2) is 14.1 Å². The van der Waals surface area contributed by atoms with Crippen LogP contribution in [0.4, 0.5) is 4.39 Å². The maximum absolute atomic E-state index is 13.6. The highest BCUT2D eigenvalue weighted by atomic mass is 32.1. The Balaban J connectivity index is 1.78. The number of nitrogens with zero attached hydrogens (tertiary/aromatic N) is 5. The van der Waals surface area contributed by atoms with Crippen LogP contribution in [0.25, 0.3) is 21.3 Å². The fourth-order valence-electron chi connectivity index (χ4n) is 3.16. The highest BCUT2D eigenvalue weighted by Crippen LogP contribution is 2.31. The first-order valence-electron chi connectivity index (χ1n) is 8.62. The number of rotatable bonds is 6. The van der Waals surface area contributed by atoms with E-state index in [4.69, 9.17) is 16.9 Å². The molecule has 4 rings (SSSR count). The maximum Gasteiger partial charge on any atom is 0.291 e. The molecule has 0 aliphatic carbocycles. The van der Waals surface area contributed by atoms with Crippen LogP contribution in [0.2, 0.25) is 0 Å². The molecule has 0 spiro atoms. The predicted molar refractivity (Wildman–Crippen MR) is 109 cm³/mol. The number of aromatic nitrogens is 6. The zero-order valence-electron chi connectivity index (χ0n) is 15.6. The van der Waals surface area contributed by atoms with Crippen molar-refractivity contribution in [2.75, 3.05) is 0 Å². The number of carbonyl (C=O) groups excluding carboxylic acids is 1. The van der Waals surface area contributed by atoms with Crippen molar-refractivity contribution in [1.82, 2.24) is 29.5 Å². The molecule has 6 N–H and O–H groups in total. The number of halogens is 1. The molecule has 0 saturated carbocycles. The van der Waals surface area contributed by atoms with Gasteiger partial charge >= 0.3 is 0 Å². The van der Waals surface area contributed by atoms with Gasteiger partial charge in [-0.15, -0.1) is 11.3 Å². The minimum atomic E-state index is -0.860. The van der Waals surface area contributed by atoms with Gasteiger partial charge in [-0.05, 0) is 0 Å². The monoisotopic (exact) mass is 429 g/mol. The second-order valence-electron chi connectivity index (χ2n) is 6.51. The zero-order chi connectivity index (χ0) is 21.6. The highest BCUT2D eigenvalue weighted by molar-refractivity contribution is 7.19.